The molecule has 7 saturated heterocycles. The molecule has 0 bridgehead atoms. The third-order valence-electron chi connectivity index (χ3n) is 23.9. The van der Waals surface area contributed by atoms with E-state index in [0.29, 0.717) is 102 Å². The summed E-state index contributed by atoms with van der Waals surface area (Å²) in [5.41, 5.74) is 5.80. The lowest BCUT2D eigenvalue weighted by molar-refractivity contribution is -0.385. The molecule has 0 unspecified atom stereocenters. The van der Waals surface area contributed by atoms with Gasteiger partial charge in [-0.2, -0.15) is 0 Å². The molecule has 18 atom stereocenters. The maximum absolute atomic E-state index is 13.3. The van der Waals surface area contributed by atoms with Crippen LogP contribution >= 0.6 is 34.8 Å². The summed E-state index contributed by atoms with van der Waals surface area (Å²) < 4.78 is 48.1. The number of nitrogens with one attached hydrogen (secondary N) is 1. The zero-order valence-corrected chi connectivity index (χ0v) is 83.1. The lowest BCUT2D eigenvalue weighted by Gasteiger charge is -2.25. The fourth-order valence-corrected chi connectivity index (χ4v) is 17.1. The normalized spacial score (nSPS) is 25.8. The Balaban J connectivity index is 0.000000338. The molecule has 7 heterocycles. The van der Waals surface area contributed by atoms with E-state index in [9.17, 15) is 83.3 Å². The van der Waals surface area contributed by atoms with Gasteiger partial charge in [0.2, 0.25) is 3.79 Å². The fourth-order valence-electron chi connectivity index (χ4n) is 17.0. The van der Waals surface area contributed by atoms with Crippen LogP contribution in [0.25, 0.3) is 0 Å². The summed E-state index contributed by atoms with van der Waals surface area (Å²) in [6, 6.07) is 6.45. The first-order valence-corrected chi connectivity index (χ1v) is 46.1. The van der Waals surface area contributed by atoms with Gasteiger partial charge in [0.05, 0.1) is 124 Å². The van der Waals surface area contributed by atoms with E-state index in [0.717, 1.165) is 64.9 Å². The summed E-state index contributed by atoms with van der Waals surface area (Å²) in [7, 11) is 16.1. The number of nitrogens with zero attached hydrogens (tertiary/aromatic N) is 8. The second kappa shape index (κ2) is 58.7. The smallest absolute Gasteiger partial charge is 0.411 e. The van der Waals surface area contributed by atoms with Crippen molar-refractivity contribution in [2.75, 3.05) is 148 Å². The number of likely N-dealkylation sites (N-methyl/N-ethyl adjacent to an activating group) is 4. The Bertz CT molecular complexity index is 4450. The van der Waals surface area contributed by atoms with Crippen molar-refractivity contribution < 1.29 is 166 Å². The topological polar surface area (TPSA) is 627 Å². The number of carboxylic acids is 3. The number of methoxy groups -OCH3 is 6. The van der Waals surface area contributed by atoms with Gasteiger partial charge in [-0.15, -0.1) is 0 Å². The van der Waals surface area contributed by atoms with Crippen LogP contribution in [0.15, 0.2) is 36.4 Å². The molecule has 45 nitrogen and oxygen atoms in total. The van der Waals surface area contributed by atoms with Crippen LogP contribution in [0.2, 0.25) is 0 Å². The summed E-state index contributed by atoms with van der Waals surface area (Å²) >= 11 is 16.7. The maximum Gasteiger partial charge on any atom is 0.411 e. The Labute approximate surface area is 816 Å². The van der Waals surface area contributed by atoms with Crippen molar-refractivity contribution in [3.63, 3.8) is 0 Å². The molecule has 9 aliphatic rings. The summed E-state index contributed by atoms with van der Waals surface area (Å²) in [6.45, 7) is 13.2. The standard InChI is InChI=1S/C19H23Cl3N2O7.C16H20N2O7.C16H22N2O5.C7H13NO3.C7H15NO2.C7H14O2.2C6H11NO3.C6H10O3/c1-4-11-5-12(26)8-24(11)17(27)13-6-15(29-3)16(31-10(2)25)7-14(13)23-18(28)30-9-19(20,21)22;1-4-10-5-11(20)8-17(10)16(21)12-6-14(24-3)15(25-9(2)19)7-13(12)18(22)23;1-4-10-5-11(20)8-18(10)16(21)12-6-14(22-3)15(7-13(12)17)23-9(2)19;1-8-4-5(9)3-6(8)7(10)11-2;1-8-4-7(9)3-6(8)5-10-2;1-9-5-6-2-3-7(8)4-6;2*1-7-3-4(8)2-5(7)6(9)10;7-5-2-1-4(3-5)6(8)9/h6-7,11-12,26H,4-5,8-9H2,1-3H3,(H,23,28);6-7,10-11,20H,4-5,8H2,1-3H3;6-7,10-11,20H,4-5,8,17H2,1-3H3;5-6,9H,3-4H2,1-2H3;6-7,9H,3-5H2,1-2H3;6-8H,2-5H2,1H3;2*4-5,8H,2-3H2,1H3,(H,9,10);4-5,7H,1-3H2,(H,8,9)/t11-,12-;2*10-,11-;5-,6+;6-,7+;6-,7-;2*4-,5+;4-,5-/m111100110/s1. The Morgan fingerprint density at radius 1 is 0.435 bits per heavy atom. The maximum atomic E-state index is 13.3. The first kappa shape index (κ1) is 121. The molecule has 2 saturated carbocycles. The van der Waals surface area contributed by atoms with Crippen LogP contribution in [0.3, 0.4) is 0 Å². The molecule has 0 spiro atoms. The number of rotatable bonds is 23. The van der Waals surface area contributed by atoms with Crippen LogP contribution in [0.1, 0.15) is 175 Å². The summed E-state index contributed by atoms with van der Waals surface area (Å²) in [5.74, 6) is -5.07. The number of halogens is 3. The number of nitro groups is 1. The zero-order chi connectivity index (χ0) is 104. The number of likely N-dealkylation sites (tertiary alicyclic amines) is 7. The van der Waals surface area contributed by atoms with Crippen LogP contribution in [0, 0.1) is 22.0 Å². The van der Waals surface area contributed by atoms with Gasteiger partial charge in [0.25, 0.3) is 23.4 Å². The number of ether oxygens (including phenoxy) is 10. The Morgan fingerprint density at radius 3 is 1.12 bits per heavy atom. The highest BCUT2D eigenvalue weighted by Crippen LogP contribution is 2.41. The van der Waals surface area contributed by atoms with E-state index in [1.807, 2.05) is 27.8 Å². The van der Waals surface area contributed by atoms with Crippen LogP contribution < -0.4 is 39.5 Å². The number of β-amino-alcohol motifs (C(OH)–C–C–N with tert-alkyl or cyclic N) is 7. The Morgan fingerprint density at radius 2 is 0.797 bits per heavy atom. The van der Waals surface area contributed by atoms with Crippen molar-refractivity contribution in [3.05, 3.63) is 63.2 Å². The largest absolute Gasteiger partial charge is 0.493 e. The molecule has 0 aromatic heterocycles. The number of aliphatic hydroxyl groups is 9. The quantitative estimate of drug-likeness (QED) is 0.0156. The first-order chi connectivity index (χ1) is 64.7. The van der Waals surface area contributed by atoms with Gasteiger partial charge >= 0.3 is 47.9 Å². The minimum absolute atomic E-state index is 0.00684. The fraction of sp³-hybridized carbons (Fsp3) is 0.678. The number of aliphatic carboxylic acids is 3. The highest BCUT2D eigenvalue weighted by atomic mass is 35.6. The van der Waals surface area contributed by atoms with Gasteiger partial charge in [0.15, 0.2) is 34.5 Å². The number of nitrogen functional groups attached to an aromatic ring is 1. The predicted octanol–water partition coefficient (Wildman–Crippen LogP) is 4.45. The average Bonchev–Trinajstić information content (AvgIpc) is 1.56. The third kappa shape index (κ3) is 38.8. The average molecular weight is 2030 g/mol. The lowest BCUT2D eigenvalue weighted by atomic mass is 10.1. The Hall–Kier alpha value is -9.50. The molecule has 3 aromatic carbocycles. The highest BCUT2D eigenvalue weighted by molar-refractivity contribution is 6.67. The van der Waals surface area contributed by atoms with E-state index >= 15 is 0 Å². The van der Waals surface area contributed by atoms with Gasteiger partial charge in [0.1, 0.15) is 30.3 Å². The molecule has 12 rings (SSSR count). The number of nitro benzene ring substituents is 1. The van der Waals surface area contributed by atoms with E-state index in [4.69, 9.17) is 124 Å². The summed E-state index contributed by atoms with van der Waals surface area (Å²) in [5, 5.41) is 123. The van der Waals surface area contributed by atoms with Crippen molar-refractivity contribution in [3.8, 4) is 34.5 Å². The number of anilines is 2. The van der Waals surface area contributed by atoms with Crippen LogP contribution in [0.4, 0.5) is 21.9 Å². The van der Waals surface area contributed by atoms with Gasteiger partial charge < -0.3 is 129 Å². The van der Waals surface area contributed by atoms with E-state index < -0.39 is 117 Å². The van der Waals surface area contributed by atoms with Gasteiger partial charge in [-0.1, -0.05) is 55.6 Å². The van der Waals surface area contributed by atoms with Crippen LogP contribution in [-0.4, -0.2) is 404 Å². The molecule has 0 radical (unpaired) electrons. The number of benzene rings is 3. The van der Waals surface area contributed by atoms with Crippen LogP contribution in [0.5, 0.6) is 34.5 Å². The molecule has 780 valence electrons. The van der Waals surface area contributed by atoms with Crippen molar-refractivity contribution in [1.82, 2.24) is 34.3 Å². The predicted molar refractivity (Wildman–Crippen MR) is 500 cm³/mol. The van der Waals surface area contributed by atoms with Gasteiger partial charge in [-0.3, -0.25) is 83.0 Å². The summed E-state index contributed by atoms with van der Waals surface area (Å²) in [6.07, 6.45) is 5.55. The third-order valence-corrected chi connectivity index (χ3v) is 24.2. The van der Waals surface area contributed by atoms with Gasteiger partial charge in [-0.05, 0) is 130 Å². The number of carboxylic acid groups (broad SMARTS) is 3. The van der Waals surface area contributed by atoms with Crippen molar-refractivity contribution in [2.45, 2.75) is 245 Å². The number of hydrogen-bond donors (Lipinski definition) is 14. The number of carbonyl (C=O) groups is 11. The molecule has 15 N–H and O–H groups in total. The zero-order valence-electron chi connectivity index (χ0n) is 80.8. The molecule has 9 fully saturated rings. The second-order valence-corrected chi connectivity index (χ2v) is 37.2. The number of nitrogens with two attached hydrogens (primary N) is 1. The number of hydrogen-bond acceptors (Lipinski definition) is 37. The monoisotopic (exact) mass is 2020 g/mol. The Kier molecular flexibility index (Phi) is 51.3. The highest BCUT2D eigenvalue weighted by Gasteiger charge is 2.42. The van der Waals surface area contributed by atoms with Gasteiger partial charge in [-0.25, -0.2) is 4.79 Å². The molecular formula is C90H139Cl3N10O35. The summed E-state index contributed by atoms with van der Waals surface area (Å²) in [4.78, 5) is 149. The molecule has 138 heavy (non-hydrogen) atoms. The number of esters is 4. The lowest BCUT2D eigenvalue weighted by Crippen LogP contribution is -2.36. The number of carbonyl (C=O) groups excluding carboxylic acids is 8. The second-order valence-electron chi connectivity index (χ2n) is 34.7. The van der Waals surface area contributed by atoms with Crippen molar-refractivity contribution in [1.29, 1.82) is 0 Å². The van der Waals surface area contributed by atoms with E-state index in [-0.39, 0.29) is 149 Å². The van der Waals surface area contributed by atoms with E-state index in [2.05, 4.69) is 15.0 Å². The molecule has 3 aromatic rings. The van der Waals surface area contributed by atoms with Crippen molar-refractivity contribution >= 4 is 117 Å². The number of amides is 4. The first-order valence-electron chi connectivity index (χ1n) is 45.0. The molecule has 48 heteroatoms. The SMILES string of the molecule is CC[C@@H]1C[C@@H](O)CN1C(=O)c1cc(OC)c(OC(C)=O)cc1N.CC[C@@H]1C[C@@H](O)CN1C(=O)c1cc(OC)c(OC(C)=O)cc1NC(=O)OCC(Cl)(Cl)Cl.CC[C@@H]1C[C@@H](O)CN1C(=O)c1cc(OC)c(OC(C)=O)cc1[N+](=O)[O-].CN1C[C@H](O)C[C@H]1C(=O)O.CN1C[C@H](O)C[C@H]1C(=O)O.COC(=O)[C@@H]1C[C@@H](O)CN1C.COC[C@@H]1C[C@@H](O)CN1C.COC[C@H]1CC[C@H](O)C1.O=C(O)[C@H]1CC[C@H](O)C1. The van der Waals surface area contributed by atoms with E-state index in [1.165, 1.54) is 82.4 Å². The van der Waals surface area contributed by atoms with Crippen LogP contribution in [-0.2, 0) is 52.5 Å². The molecule has 7 aliphatic heterocycles. The number of alkyl halides is 3. The number of aliphatic hydroxyl groups excluding tert-OH is 9. The van der Waals surface area contributed by atoms with Crippen molar-refractivity contribution in [2.24, 2.45) is 11.8 Å². The minimum Gasteiger partial charge on any atom is -0.493 e. The molecular weight excluding hydrogens is 1890 g/mol. The minimum atomic E-state index is -1.82. The molecule has 2 aliphatic carbocycles. The molecule has 4 amide bonds. The van der Waals surface area contributed by atoms with E-state index in [1.54, 1.807) is 55.0 Å². The van der Waals surface area contributed by atoms with Gasteiger partial charge in [0, 0.05) is 155 Å².